The quantitative estimate of drug-likeness (QED) is 0.816. The number of nitrogens with zero attached hydrogens (tertiary/aromatic N) is 1. The van der Waals surface area contributed by atoms with Crippen molar-refractivity contribution in [3.63, 3.8) is 0 Å². The molecule has 1 aliphatic heterocycles. The molecule has 1 aliphatic rings. The Kier molecular flexibility index (Phi) is 3.00. The Morgan fingerprint density at radius 1 is 1.44 bits per heavy atom. The number of anilines is 1. The Balaban J connectivity index is 2.19. The van der Waals surface area contributed by atoms with Gasteiger partial charge in [0.15, 0.2) is 0 Å². The number of halogens is 3. The van der Waals surface area contributed by atoms with Gasteiger partial charge in [-0.05, 0) is 25.1 Å². The second kappa shape index (κ2) is 4.29. The summed E-state index contributed by atoms with van der Waals surface area (Å²) < 4.78 is 37.9. The smallest absolute Gasteiger partial charge is 0.366 e. The summed E-state index contributed by atoms with van der Waals surface area (Å²) in [6, 6.07) is 2.36. The summed E-state index contributed by atoms with van der Waals surface area (Å²) in [5, 5.41) is 5.90. The van der Waals surface area contributed by atoms with E-state index >= 15 is 0 Å². The molecule has 88 valence electrons. The van der Waals surface area contributed by atoms with Crippen molar-refractivity contribution in [1.82, 2.24) is 10.3 Å². The minimum atomic E-state index is -4.36. The van der Waals surface area contributed by atoms with Gasteiger partial charge in [0.2, 0.25) is 0 Å². The Bertz CT molecular complexity index is 359. The predicted octanol–water partition coefficient (Wildman–Crippen LogP) is 1.87. The minimum Gasteiger partial charge on any atom is -0.366 e. The van der Waals surface area contributed by atoms with E-state index in [4.69, 9.17) is 0 Å². The summed E-state index contributed by atoms with van der Waals surface area (Å²) in [7, 11) is 0. The molecule has 0 unspecified atom stereocenters. The molecule has 0 amide bonds. The highest BCUT2D eigenvalue weighted by atomic mass is 19.4. The fourth-order valence-electron chi connectivity index (χ4n) is 1.72. The van der Waals surface area contributed by atoms with Gasteiger partial charge < -0.3 is 10.6 Å². The Hall–Kier alpha value is -1.30. The summed E-state index contributed by atoms with van der Waals surface area (Å²) in [4.78, 5) is 3.75. The van der Waals surface area contributed by atoms with Crippen LogP contribution >= 0.6 is 0 Å². The normalized spacial score (nSPS) is 21.1. The van der Waals surface area contributed by atoms with E-state index in [2.05, 4.69) is 15.6 Å². The zero-order valence-corrected chi connectivity index (χ0v) is 8.51. The SMILES string of the molecule is FC(F)(F)c1cccnc1N[C@@H]1CCNC1. The van der Waals surface area contributed by atoms with Crippen LogP contribution in [0.5, 0.6) is 0 Å². The number of nitrogens with one attached hydrogen (secondary N) is 2. The molecule has 2 N–H and O–H groups in total. The van der Waals surface area contributed by atoms with Crippen molar-refractivity contribution in [2.24, 2.45) is 0 Å². The van der Waals surface area contributed by atoms with E-state index in [1.54, 1.807) is 0 Å². The third kappa shape index (κ3) is 2.44. The number of hydrogen-bond acceptors (Lipinski definition) is 3. The van der Waals surface area contributed by atoms with Crippen molar-refractivity contribution in [3.05, 3.63) is 23.9 Å². The molecule has 3 nitrogen and oxygen atoms in total. The van der Waals surface area contributed by atoms with E-state index in [-0.39, 0.29) is 11.9 Å². The summed E-state index contributed by atoms with van der Waals surface area (Å²) in [6.45, 7) is 1.50. The Labute approximate surface area is 91.1 Å². The fourth-order valence-corrected chi connectivity index (χ4v) is 1.72. The maximum absolute atomic E-state index is 12.6. The summed E-state index contributed by atoms with van der Waals surface area (Å²) in [6.07, 6.45) is -2.18. The van der Waals surface area contributed by atoms with Crippen LogP contribution in [0.2, 0.25) is 0 Å². The molecule has 0 saturated carbocycles. The van der Waals surface area contributed by atoms with Gasteiger partial charge in [-0.1, -0.05) is 0 Å². The summed E-state index contributed by atoms with van der Waals surface area (Å²) in [5.41, 5.74) is -0.707. The molecule has 1 saturated heterocycles. The molecular weight excluding hydrogens is 219 g/mol. The second-order valence-corrected chi connectivity index (χ2v) is 3.73. The van der Waals surface area contributed by atoms with Gasteiger partial charge in [-0.2, -0.15) is 13.2 Å². The Morgan fingerprint density at radius 2 is 2.25 bits per heavy atom. The molecule has 1 aromatic rings. The average Bonchev–Trinajstić information content (AvgIpc) is 2.70. The highest BCUT2D eigenvalue weighted by Gasteiger charge is 2.34. The van der Waals surface area contributed by atoms with Crippen LogP contribution in [0.4, 0.5) is 19.0 Å². The van der Waals surface area contributed by atoms with E-state index in [0.29, 0.717) is 6.54 Å². The van der Waals surface area contributed by atoms with Crippen molar-refractivity contribution in [2.45, 2.75) is 18.6 Å². The van der Waals surface area contributed by atoms with E-state index in [9.17, 15) is 13.2 Å². The maximum Gasteiger partial charge on any atom is 0.419 e. The van der Waals surface area contributed by atoms with Crippen LogP contribution in [0.1, 0.15) is 12.0 Å². The average molecular weight is 231 g/mol. The Morgan fingerprint density at radius 3 is 2.88 bits per heavy atom. The lowest BCUT2D eigenvalue weighted by atomic mass is 10.2. The third-order valence-corrected chi connectivity index (χ3v) is 2.51. The number of hydrogen-bond donors (Lipinski definition) is 2. The number of pyridine rings is 1. The van der Waals surface area contributed by atoms with Crippen LogP contribution in [0, 0.1) is 0 Å². The molecule has 1 aromatic heterocycles. The first-order valence-corrected chi connectivity index (χ1v) is 5.07. The zero-order chi connectivity index (χ0) is 11.6. The maximum atomic E-state index is 12.6. The van der Waals surface area contributed by atoms with E-state index in [1.165, 1.54) is 12.3 Å². The van der Waals surface area contributed by atoms with Gasteiger partial charge in [-0.15, -0.1) is 0 Å². The fraction of sp³-hybridized carbons (Fsp3) is 0.500. The van der Waals surface area contributed by atoms with Crippen LogP contribution in [0.15, 0.2) is 18.3 Å². The lowest BCUT2D eigenvalue weighted by molar-refractivity contribution is -0.137. The van der Waals surface area contributed by atoms with Crippen LogP contribution in [0.25, 0.3) is 0 Å². The molecular formula is C10H12F3N3. The van der Waals surface area contributed by atoms with Gasteiger partial charge in [0, 0.05) is 18.8 Å². The van der Waals surface area contributed by atoms with Crippen molar-refractivity contribution in [2.75, 3.05) is 18.4 Å². The zero-order valence-electron chi connectivity index (χ0n) is 8.51. The molecule has 1 atom stereocenters. The first kappa shape index (κ1) is 11.2. The third-order valence-electron chi connectivity index (χ3n) is 2.51. The highest BCUT2D eigenvalue weighted by Crippen LogP contribution is 2.33. The molecule has 0 aliphatic carbocycles. The van der Waals surface area contributed by atoms with Crippen molar-refractivity contribution < 1.29 is 13.2 Å². The number of alkyl halides is 3. The molecule has 2 rings (SSSR count). The van der Waals surface area contributed by atoms with Gasteiger partial charge in [0.1, 0.15) is 5.82 Å². The molecule has 0 aromatic carbocycles. The molecule has 0 radical (unpaired) electrons. The molecule has 16 heavy (non-hydrogen) atoms. The largest absolute Gasteiger partial charge is 0.419 e. The number of rotatable bonds is 2. The first-order valence-electron chi connectivity index (χ1n) is 5.07. The van der Waals surface area contributed by atoms with Gasteiger partial charge >= 0.3 is 6.18 Å². The van der Waals surface area contributed by atoms with Gasteiger partial charge in [-0.25, -0.2) is 4.98 Å². The second-order valence-electron chi connectivity index (χ2n) is 3.73. The molecule has 0 bridgehead atoms. The van der Waals surface area contributed by atoms with Crippen LogP contribution in [0.3, 0.4) is 0 Å². The highest BCUT2D eigenvalue weighted by molar-refractivity contribution is 5.46. The predicted molar refractivity (Wildman–Crippen MR) is 54.1 cm³/mol. The van der Waals surface area contributed by atoms with Crippen molar-refractivity contribution >= 4 is 5.82 Å². The molecule has 0 spiro atoms. The van der Waals surface area contributed by atoms with Crippen molar-refractivity contribution in [1.29, 1.82) is 0 Å². The van der Waals surface area contributed by atoms with Crippen molar-refractivity contribution in [3.8, 4) is 0 Å². The van der Waals surface area contributed by atoms with Gasteiger partial charge in [-0.3, -0.25) is 0 Å². The standard InChI is InChI=1S/C10H12F3N3/c11-10(12,13)8-2-1-4-15-9(8)16-7-3-5-14-6-7/h1-2,4,7,14H,3,5-6H2,(H,15,16)/t7-/m1/s1. The minimum absolute atomic E-state index is 0.0241. The van der Waals surface area contributed by atoms with Crippen LogP contribution < -0.4 is 10.6 Å². The lowest BCUT2D eigenvalue weighted by Crippen LogP contribution is -2.24. The van der Waals surface area contributed by atoms with Crippen LogP contribution in [-0.2, 0) is 6.18 Å². The topological polar surface area (TPSA) is 37.0 Å². The summed E-state index contributed by atoms with van der Waals surface area (Å²) >= 11 is 0. The van der Waals surface area contributed by atoms with E-state index in [1.807, 2.05) is 0 Å². The molecule has 2 heterocycles. The summed E-state index contributed by atoms with van der Waals surface area (Å²) in [5.74, 6) is -0.0799. The van der Waals surface area contributed by atoms with Crippen LogP contribution in [-0.4, -0.2) is 24.1 Å². The van der Waals surface area contributed by atoms with E-state index in [0.717, 1.165) is 19.0 Å². The molecule has 1 fully saturated rings. The van der Waals surface area contributed by atoms with Gasteiger partial charge in [0.25, 0.3) is 0 Å². The lowest BCUT2D eigenvalue weighted by Gasteiger charge is -2.16. The first-order chi connectivity index (χ1) is 7.57. The molecule has 6 heteroatoms. The van der Waals surface area contributed by atoms with Gasteiger partial charge in [0.05, 0.1) is 5.56 Å². The number of aromatic nitrogens is 1. The van der Waals surface area contributed by atoms with E-state index < -0.39 is 11.7 Å². The monoisotopic (exact) mass is 231 g/mol.